The van der Waals surface area contributed by atoms with Gasteiger partial charge in [0.15, 0.2) is 0 Å². The lowest BCUT2D eigenvalue weighted by molar-refractivity contribution is -0.129. The molecule has 0 radical (unpaired) electrons. The smallest absolute Gasteiger partial charge is 0.219 e. The number of nitrogens with zero attached hydrogens (tertiary/aromatic N) is 1. The number of methoxy groups -OCH3 is 1. The molecule has 1 heterocycles. The molecule has 86 valence electrons. The van der Waals surface area contributed by atoms with Crippen molar-refractivity contribution < 1.29 is 9.53 Å². The van der Waals surface area contributed by atoms with Gasteiger partial charge in [0, 0.05) is 13.5 Å². The molecular formula is C13H17NO2. The van der Waals surface area contributed by atoms with Crippen molar-refractivity contribution in [1.82, 2.24) is 4.90 Å². The Hall–Kier alpha value is -1.51. The Labute approximate surface area is 96.0 Å². The fourth-order valence-corrected chi connectivity index (χ4v) is 2.34. The van der Waals surface area contributed by atoms with Crippen molar-refractivity contribution in [2.75, 3.05) is 13.7 Å². The molecule has 1 aromatic carbocycles. The van der Waals surface area contributed by atoms with E-state index in [2.05, 4.69) is 6.07 Å². The molecule has 1 aliphatic heterocycles. The quantitative estimate of drug-likeness (QED) is 0.764. The fourth-order valence-electron chi connectivity index (χ4n) is 2.34. The Bertz CT molecular complexity index is 389. The molecule has 1 aliphatic rings. The maximum atomic E-state index is 11.5. The lowest BCUT2D eigenvalue weighted by Gasteiger charge is -2.23. The van der Waals surface area contributed by atoms with Crippen molar-refractivity contribution in [1.29, 1.82) is 0 Å². The summed E-state index contributed by atoms with van der Waals surface area (Å²) < 4.78 is 5.21. The lowest BCUT2D eigenvalue weighted by Crippen LogP contribution is -2.27. The zero-order valence-electron chi connectivity index (χ0n) is 9.77. The molecule has 0 N–H and O–H groups in total. The van der Waals surface area contributed by atoms with Crippen molar-refractivity contribution in [3.8, 4) is 5.75 Å². The van der Waals surface area contributed by atoms with Gasteiger partial charge in [0.05, 0.1) is 13.2 Å². The van der Waals surface area contributed by atoms with Crippen molar-refractivity contribution in [3.63, 3.8) is 0 Å². The van der Waals surface area contributed by atoms with E-state index in [0.717, 1.165) is 25.1 Å². The van der Waals surface area contributed by atoms with E-state index in [4.69, 9.17) is 4.74 Å². The molecule has 0 aromatic heterocycles. The van der Waals surface area contributed by atoms with Gasteiger partial charge in [-0.1, -0.05) is 12.1 Å². The van der Waals surface area contributed by atoms with Crippen molar-refractivity contribution in [2.24, 2.45) is 0 Å². The number of carbonyl (C=O) groups is 1. The molecule has 3 nitrogen and oxygen atoms in total. The van der Waals surface area contributed by atoms with Crippen molar-refractivity contribution in [2.45, 2.75) is 25.8 Å². The second-order valence-corrected chi connectivity index (χ2v) is 4.15. The van der Waals surface area contributed by atoms with Crippen LogP contribution in [0.25, 0.3) is 0 Å². The standard InChI is InChI=1S/C13H17NO2/c1-10(15)14-8-4-7-13(14)11-5-3-6-12(9-11)16-2/h3,5-6,9,13H,4,7-8H2,1-2H3. The third kappa shape index (κ3) is 2.03. The zero-order chi connectivity index (χ0) is 11.5. The first-order chi connectivity index (χ1) is 7.72. The molecule has 0 aliphatic carbocycles. The minimum atomic E-state index is 0.158. The average Bonchev–Trinajstić information content (AvgIpc) is 2.78. The van der Waals surface area contributed by atoms with Crippen LogP contribution < -0.4 is 4.74 Å². The number of rotatable bonds is 2. The van der Waals surface area contributed by atoms with Gasteiger partial charge in [-0.05, 0) is 30.5 Å². The number of likely N-dealkylation sites (tertiary alicyclic amines) is 1. The Kier molecular flexibility index (Phi) is 3.13. The summed E-state index contributed by atoms with van der Waals surface area (Å²) in [5.74, 6) is 1.01. The maximum absolute atomic E-state index is 11.5. The zero-order valence-corrected chi connectivity index (χ0v) is 9.77. The van der Waals surface area contributed by atoms with Gasteiger partial charge in [-0.25, -0.2) is 0 Å². The van der Waals surface area contributed by atoms with E-state index in [-0.39, 0.29) is 11.9 Å². The van der Waals surface area contributed by atoms with Gasteiger partial charge in [-0.3, -0.25) is 4.79 Å². The van der Waals surface area contributed by atoms with E-state index in [1.165, 1.54) is 5.56 Å². The second kappa shape index (κ2) is 4.56. The molecular weight excluding hydrogens is 202 g/mol. The Morgan fingerprint density at radius 3 is 3.00 bits per heavy atom. The molecule has 1 fully saturated rings. The SMILES string of the molecule is COc1cccc(C2CCCN2C(C)=O)c1. The summed E-state index contributed by atoms with van der Waals surface area (Å²) in [5, 5.41) is 0. The summed E-state index contributed by atoms with van der Waals surface area (Å²) in [6.07, 6.45) is 2.13. The monoisotopic (exact) mass is 219 g/mol. The van der Waals surface area contributed by atoms with Gasteiger partial charge in [0.2, 0.25) is 5.91 Å². The Balaban J connectivity index is 2.25. The minimum absolute atomic E-state index is 0.158. The van der Waals surface area contributed by atoms with Crippen LogP contribution in [0.3, 0.4) is 0 Å². The topological polar surface area (TPSA) is 29.5 Å². The third-order valence-electron chi connectivity index (χ3n) is 3.14. The first kappa shape index (κ1) is 11.0. The normalized spacial score (nSPS) is 19.9. The highest BCUT2D eigenvalue weighted by molar-refractivity contribution is 5.74. The molecule has 3 heteroatoms. The van der Waals surface area contributed by atoms with E-state index in [9.17, 15) is 4.79 Å². The molecule has 1 amide bonds. The van der Waals surface area contributed by atoms with Crippen LogP contribution in [0.5, 0.6) is 5.75 Å². The van der Waals surface area contributed by atoms with Crippen LogP contribution >= 0.6 is 0 Å². The molecule has 0 saturated carbocycles. The lowest BCUT2D eigenvalue weighted by atomic mass is 10.0. The number of carbonyl (C=O) groups excluding carboxylic acids is 1. The molecule has 1 atom stereocenters. The van der Waals surface area contributed by atoms with Crippen LogP contribution in [0.1, 0.15) is 31.4 Å². The van der Waals surface area contributed by atoms with Crippen LogP contribution in [0.15, 0.2) is 24.3 Å². The van der Waals surface area contributed by atoms with E-state index in [0.29, 0.717) is 0 Å². The first-order valence-corrected chi connectivity index (χ1v) is 5.63. The maximum Gasteiger partial charge on any atom is 0.219 e. The van der Waals surface area contributed by atoms with E-state index < -0.39 is 0 Å². The third-order valence-corrected chi connectivity index (χ3v) is 3.14. The molecule has 1 aromatic rings. The van der Waals surface area contributed by atoms with Crippen LogP contribution in [0.4, 0.5) is 0 Å². The van der Waals surface area contributed by atoms with Gasteiger partial charge >= 0.3 is 0 Å². The van der Waals surface area contributed by atoms with Crippen molar-refractivity contribution in [3.05, 3.63) is 29.8 Å². The molecule has 0 spiro atoms. The number of ether oxygens (including phenoxy) is 1. The molecule has 1 saturated heterocycles. The number of amides is 1. The highest BCUT2D eigenvalue weighted by atomic mass is 16.5. The minimum Gasteiger partial charge on any atom is -0.497 e. The van der Waals surface area contributed by atoms with E-state index >= 15 is 0 Å². The summed E-state index contributed by atoms with van der Waals surface area (Å²) in [6, 6.07) is 8.22. The average molecular weight is 219 g/mol. The van der Waals surface area contributed by atoms with Gasteiger partial charge in [0.25, 0.3) is 0 Å². The van der Waals surface area contributed by atoms with Crippen LogP contribution in [0.2, 0.25) is 0 Å². The van der Waals surface area contributed by atoms with Crippen LogP contribution in [0, 0.1) is 0 Å². The van der Waals surface area contributed by atoms with Gasteiger partial charge in [0.1, 0.15) is 5.75 Å². The molecule has 1 unspecified atom stereocenters. The largest absolute Gasteiger partial charge is 0.497 e. The van der Waals surface area contributed by atoms with Crippen LogP contribution in [-0.2, 0) is 4.79 Å². The number of benzene rings is 1. The van der Waals surface area contributed by atoms with E-state index in [1.54, 1.807) is 14.0 Å². The first-order valence-electron chi connectivity index (χ1n) is 5.63. The van der Waals surface area contributed by atoms with E-state index in [1.807, 2.05) is 23.1 Å². The molecule has 2 rings (SSSR count). The Morgan fingerprint density at radius 1 is 1.50 bits per heavy atom. The van der Waals surface area contributed by atoms with Gasteiger partial charge in [-0.15, -0.1) is 0 Å². The summed E-state index contributed by atoms with van der Waals surface area (Å²) in [5.41, 5.74) is 1.17. The van der Waals surface area contributed by atoms with Crippen LogP contribution in [-0.4, -0.2) is 24.5 Å². The highest BCUT2D eigenvalue weighted by Gasteiger charge is 2.27. The highest BCUT2D eigenvalue weighted by Crippen LogP contribution is 2.33. The summed E-state index contributed by atoms with van der Waals surface area (Å²) in [6.45, 7) is 2.51. The van der Waals surface area contributed by atoms with Gasteiger partial charge < -0.3 is 9.64 Å². The molecule has 16 heavy (non-hydrogen) atoms. The summed E-state index contributed by atoms with van der Waals surface area (Å²) in [4.78, 5) is 13.4. The predicted octanol–water partition coefficient (Wildman–Crippen LogP) is 2.38. The summed E-state index contributed by atoms with van der Waals surface area (Å²) in [7, 11) is 1.66. The number of hydrogen-bond acceptors (Lipinski definition) is 2. The van der Waals surface area contributed by atoms with Crippen molar-refractivity contribution >= 4 is 5.91 Å². The summed E-state index contributed by atoms with van der Waals surface area (Å²) >= 11 is 0. The predicted molar refractivity (Wildman–Crippen MR) is 62.4 cm³/mol. The Morgan fingerprint density at radius 2 is 2.31 bits per heavy atom. The van der Waals surface area contributed by atoms with Gasteiger partial charge in [-0.2, -0.15) is 0 Å². The fraction of sp³-hybridized carbons (Fsp3) is 0.462. The molecule has 0 bridgehead atoms. The number of hydrogen-bond donors (Lipinski definition) is 0. The second-order valence-electron chi connectivity index (χ2n) is 4.15.